The molecule has 1 fully saturated rings. The number of benzene rings is 1. The number of para-hydroxylation sites is 1. The van der Waals surface area contributed by atoms with Gasteiger partial charge in [0.2, 0.25) is 0 Å². The summed E-state index contributed by atoms with van der Waals surface area (Å²) in [5.74, 6) is 0.373. The van der Waals surface area contributed by atoms with E-state index in [1.165, 1.54) is 0 Å². The van der Waals surface area contributed by atoms with Crippen LogP contribution in [0.2, 0.25) is 0 Å². The lowest BCUT2D eigenvalue weighted by Crippen LogP contribution is -2.28. The average Bonchev–Trinajstić information content (AvgIpc) is 2.60. The molecule has 0 radical (unpaired) electrons. The van der Waals surface area contributed by atoms with Crippen LogP contribution < -0.4 is 5.32 Å². The molecule has 1 aliphatic carbocycles. The number of rotatable bonds is 7. The minimum atomic E-state index is -0.492. The highest BCUT2D eigenvalue weighted by Crippen LogP contribution is 2.29. The van der Waals surface area contributed by atoms with Crippen molar-refractivity contribution in [3.05, 3.63) is 30.3 Å². The maximum Gasteiger partial charge on any atom is 0.411 e. The molecule has 1 N–H and O–H groups in total. The van der Waals surface area contributed by atoms with Crippen LogP contribution in [0.3, 0.4) is 0 Å². The third-order valence-corrected chi connectivity index (χ3v) is 4.36. The van der Waals surface area contributed by atoms with Crippen LogP contribution in [0.25, 0.3) is 0 Å². The number of ether oxygens (including phenoxy) is 3. The zero-order valence-electron chi connectivity index (χ0n) is 16.5. The van der Waals surface area contributed by atoms with Gasteiger partial charge in [-0.2, -0.15) is 0 Å². The van der Waals surface area contributed by atoms with Gasteiger partial charge in [-0.1, -0.05) is 24.6 Å². The van der Waals surface area contributed by atoms with Gasteiger partial charge in [0, 0.05) is 5.69 Å². The van der Waals surface area contributed by atoms with Crippen molar-refractivity contribution in [1.82, 2.24) is 0 Å². The third-order valence-electron chi connectivity index (χ3n) is 4.36. The molecule has 2 rings (SSSR count). The molecule has 2 atom stereocenters. The molecule has 0 bridgehead atoms. The standard InChI is InChI=1S/C21H31NO5/c1-21(2,3)27-19(23)15-25-13-16-8-7-9-17(12-16)14-26-20(24)22-18-10-5-4-6-11-18/h4-6,10-11,16-17H,7-9,12-15H2,1-3H3,(H,22,24). The third kappa shape index (κ3) is 8.91. The smallest absolute Gasteiger partial charge is 0.411 e. The van der Waals surface area contributed by atoms with Gasteiger partial charge in [0.25, 0.3) is 0 Å². The molecule has 0 saturated heterocycles. The zero-order valence-corrected chi connectivity index (χ0v) is 16.5. The maximum atomic E-state index is 11.9. The van der Waals surface area contributed by atoms with Gasteiger partial charge in [-0.05, 0) is 64.0 Å². The molecule has 150 valence electrons. The number of nitrogens with one attached hydrogen (secondary N) is 1. The second-order valence-electron chi connectivity index (χ2n) is 8.09. The fourth-order valence-corrected chi connectivity index (χ4v) is 3.25. The van der Waals surface area contributed by atoms with E-state index < -0.39 is 11.7 Å². The SMILES string of the molecule is CC(C)(C)OC(=O)COCC1CCCC(COC(=O)Nc2ccccc2)C1. The highest BCUT2D eigenvalue weighted by Gasteiger charge is 2.24. The van der Waals surface area contributed by atoms with Crippen molar-refractivity contribution in [3.8, 4) is 0 Å². The molecule has 1 aromatic rings. The fourth-order valence-electron chi connectivity index (χ4n) is 3.25. The van der Waals surface area contributed by atoms with E-state index in [4.69, 9.17) is 14.2 Å². The van der Waals surface area contributed by atoms with Gasteiger partial charge >= 0.3 is 12.1 Å². The lowest BCUT2D eigenvalue weighted by Gasteiger charge is -2.28. The molecule has 1 aromatic carbocycles. The first kappa shape index (κ1) is 21.2. The highest BCUT2D eigenvalue weighted by molar-refractivity contribution is 5.84. The molecule has 27 heavy (non-hydrogen) atoms. The van der Waals surface area contributed by atoms with Crippen LogP contribution >= 0.6 is 0 Å². The second-order valence-corrected chi connectivity index (χ2v) is 8.09. The van der Waals surface area contributed by atoms with Crippen molar-refractivity contribution in [2.45, 2.75) is 52.1 Å². The molecule has 2 unspecified atom stereocenters. The molecule has 0 aliphatic heterocycles. The fraction of sp³-hybridized carbons (Fsp3) is 0.619. The summed E-state index contributed by atoms with van der Waals surface area (Å²) in [6, 6.07) is 9.25. The molecule has 0 heterocycles. The molecule has 6 nitrogen and oxygen atoms in total. The Balaban J connectivity index is 1.63. The Morgan fingerprint density at radius 2 is 1.74 bits per heavy atom. The van der Waals surface area contributed by atoms with Gasteiger partial charge in [0.05, 0.1) is 13.2 Å². The van der Waals surface area contributed by atoms with Crippen LogP contribution in [0.15, 0.2) is 30.3 Å². The number of hydrogen-bond donors (Lipinski definition) is 1. The molecule has 1 saturated carbocycles. The van der Waals surface area contributed by atoms with Crippen LogP contribution in [-0.2, 0) is 19.0 Å². The van der Waals surface area contributed by atoms with Crippen molar-refractivity contribution in [2.24, 2.45) is 11.8 Å². The number of hydrogen-bond acceptors (Lipinski definition) is 5. The Hall–Kier alpha value is -2.08. The van der Waals surface area contributed by atoms with Gasteiger partial charge in [0.1, 0.15) is 12.2 Å². The first-order chi connectivity index (χ1) is 12.8. The Labute approximate surface area is 161 Å². The first-order valence-electron chi connectivity index (χ1n) is 9.60. The lowest BCUT2D eigenvalue weighted by atomic mass is 9.82. The van der Waals surface area contributed by atoms with Gasteiger partial charge < -0.3 is 14.2 Å². The summed E-state index contributed by atoms with van der Waals surface area (Å²) in [6.07, 6.45) is 3.70. The minimum Gasteiger partial charge on any atom is -0.458 e. The van der Waals surface area contributed by atoms with E-state index >= 15 is 0 Å². The second kappa shape index (κ2) is 10.3. The Kier molecular flexibility index (Phi) is 8.10. The Morgan fingerprint density at radius 3 is 2.41 bits per heavy atom. The van der Waals surface area contributed by atoms with Gasteiger partial charge in [0.15, 0.2) is 0 Å². The van der Waals surface area contributed by atoms with Crippen molar-refractivity contribution < 1.29 is 23.8 Å². The molecule has 0 aromatic heterocycles. The predicted octanol–water partition coefficient (Wildman–Crippen LogP) is 4.40. The van der Waals surface area contributed by atoms with Crippen molar-refractivity contribution >= 4 is 17.7 Å². The lowest BCUT2D eigenvalue weighted by molar-refractivity contribution is -0.160. The van der Waals surface area contributed by atoms with Crippen LogP contribution in [0, 0.1) is 11.8 Å². The van der Waals surface area contributed by atoms with Crippen LogP contribution in [-0.4, -0.2) is 37.5 Å². The minimum absolute atomic E-state index is 0.0194. The quantitative estimate of drug-likeness (QED) is 0.713. The summed E-state index contributed by atoms with van der Waals surface area (Å²) in [6.45, 7) is 6.43. The molecule has 6 heteroatoms. The summed E-state index contributed by atoms with van der Waals surface area (Å²) in [5.41, 5.74) is 0.230. The summed E-state index contributed by atoms with van der Waals surface area (Å²) in [5, 5.41) is 2.72. The molecule has 1 aliphatic rings. The van der Waals surface area contributed by atoms with Gasteiger partial charge in [-0.25, -0.2) is 9.59 Å². The van der Waals surface area contributed by atoms with Crippen LogP contribution in [0.5, 0.6) is 0 Å². The van der Waals surface area contributed by atoms with E-state index in [-0.39, 0.29) is 12.6 Å². The van der Waals surface area contributed by atoms with E-state index in [1.54, 1.807) is 0 Å². The van der Waals surface area contributed by atoms with E-state index in [1.807, 2.05) is 51.1 Å². The van der Waals surface area contributed by atoms with Crippen molar-refractivity contribution in [2.75, 3.05) is 25.1 Å². The molecular weight excluding hydrogens is 346 g/mol. The summed E-state index contributed by atoms with van der Waals surface area (Å²) >= 11 is 0. The number of amides is 1. The predicted molar refractivity (Wildman–Crippen MR) is 104 cm³/mol. The Morgan fingerprint density at radius 1 is 1.07 bits per heavy atom. The summed E-state index contributed by atoms with van der Waals surface area (Å²) in [4.78, 5) is 23.6. The monoisotopic (exact) mass is 377 g/mol. The first-order valence-corrected chi connectivity index (χ1v) is 9.60. The normalized spacial score (nSPS) is 20.0. The van der Waals surface area contributed by atoms with E-state index in [0.717, 1.165) is 31.4 Å². The van der Waals surface area contributed by atoms with Crippen LogP contribution in [0.1, 0.15) is 46.5 Å². The Bertz CT molecular complexity index is 596. The zero-order chi connectivity index (χ0) is 19.7. The maximum absolute atomic E-state index is 11.9. The number of anilines is 1. The van der Waals surface area contributed by atoms with Crippen molar-refractivity contribution in [3.63, 3.8) is 0 Å². The molecule has 1 amide bonds. The average molecular weight is 377 g/mol. The van der Waals surface area contributed by atoms with Gasteiger partial charge in [-0.15, -0.1) is 0 Å². The van der Waals surface area contributed by atoms with E-state index in [2.05, 4.69) is 5.32 Å². The largest absolute Gasteiger partial charge is 0.458 e. The number of esters is 1. The topological polar surface area (TPSA) is 73.9 Å². The number of carbonyl (C=O) groups is 2. The van der Waals surface area contributed by atoms with Crippen LogP contribution in [0.4, 0.5) is 10.5 Å². The van der Waals surface area contributed by atoms with Gasteiger partial charge in [-0.3, -0.25) is 5.32 Å². The van der Waals surface area contributed by atoms with E-state index in [0.29, 0.717) is 25.0 Å². The highest BCUT2D eigenvalue weighted by atomic mass is 16.6. The summed E-state index contributed by atoms with van der Waals surface area (Å²) in [7, 11) is 0. The summed E-state index contributed by atoms with van der Waals surface area (Å²) < 4.78 is 16.1. The molecular formula is C21H31NO5. The molecule has 0 spiro atoms. The number of carbonyl (C=O) groups excluding carboxylic acids is 2. The van der Waals surface area contributed by atoms with E-state index in [9.17, 15) is 9.59 Å². The van der Waals surface area contributed by atoms with Crippen molar-refractivity contribution in [1.29, 1.82) is 0 Å².